The lowest BCUT2D eigenvalue weighted by atomic mass is 10.2. The van der Waals surface area contributed by atoms with Gasteiger partial charge >= 0.3 is 11.8 Å². The van der Waals surface area contributed by atoms with E-state index in [-0.39, 0.29) is 18.1 Å². The number of ether oxygens (including phenoxy) is 1. The van der Waals surface area contributed by atoms with Crippen molar-refractivity contribution < 1.29 is 19.2 Å². The number of hydrogen-bond acceptors (Lipinski definition) is 7. The van der Waals surface area contributed by atoms with Crippen molar-refractivity contribution in [3.05, 3.63) is 16.3 Å². The number of amides is 2. The van der Waals surface area contributed by atoms with Crippen LogP contribution in [0.4, 0.5) is 16.3 Å². The molecule has 1 aliphatic heterocycles. The number of aryl methyl sites for hydroxylation is 1. The third-order valence-corrected chi connectivity index (χ3v) is 4.02. The molecule has 1 saturated heterocycles. The number of rotatable bonds is 4. The summed E-state index contributed by atoms with van der Waals surface area (Å²) in [5, 5.41) is 17.6. The summed E-state index contributed by atoms with van der Waals surface area (Å²) in [6.45, 7) is 7.01. The van der Waals surface area contributed by atoms with Crippen LogP contribution in [0.2, 0.25) is 0 Å². The third kappa shape index (κ3) is 5.56. The molecule has 0 bridgehead atoms. The Balaban J connectivity index is 1.93. The highest BCUT2D eigenvalue weighted by molar-refractivity contribution is 5.82. The van der Waals surface area contributed by atoms with Crippen LogP contribution in [0.15, 0.2) is 6.20 Å². The molecule has 1 aliphatic rings. The largest absolute Gasteiger partial charge is 0.444 e. The Hall–Kier alpha value is -2.85. The van der Waals surface area contributed by atoms with Gasteiger partial charge in [-0.15, -0.1) is 0 Å². The first-order valence-corrected chi connectivity index (χ1v) is 8.74. The summed E-state index contributed by atoms with van der Waals surface area (Å²) in [7, 11) is 1.65. The van der Waals surface area contributed by atoms with Gasteiger partial charge in [-0.25, -0.2) is 9.48 Å². The lowest BCUT2D eigenvalue weighted by molar-refractivity contribution is -0.384. The van der Waals surface area contributed by atoms with Crippen LogP contribution in [0.25, 0.3) is 0 Å². The molecule has 1 N–H and O–H groups in total. The van der Waals surface area contributed by atoms with E-state index in [9.17, 15) is 19.7 Å². The Morgan fingerprint density at radius 3 is 2.63 bits per heavy atom. The van der Waals surface area contributed by atoms with E-state index in [1.54, 1.807) is 32.7 Å². The first-order chi connectivity index (χ1) is 12.6. The van der Waals surface area contributed by atoms with Gasteiger partial charge in [-0.3, -0.25) is 14.9 Å². The van der Waals surface area contributed by atoms with E-state index in [0.29, 0.717) is 38.4 Å². The SMILES string of the molecule is Cn1ncc([N+](=O)[O-])c1N1CCCN(C(=O)CNC(=O)OC(C)(C)C)CC1. The second-order valence-corrected chi connectivity index (χ2v) is 7.31. The van der Waals surface area contributed by atoms with Crippen molar-refractivity contribution >= 4 is 23.5 Å². The van der Waals surface area contributed by atoms with Gasteiger partial charge in [-0.1, -0.05) is 0 Å². The van der Waals surface area contributed by atoms with Gasteiger partial charge in [0.1, 0.15) is 18.3 Å². The van der Waals surface area contributed by atoms with Crippen molar-refractivity contribution in [2.24, 2.45) is 7.05 Å². The van der Waals surface area contributed by atoms with E-state index in [1.165, 1.54) is 10.9 Å². The van der Waals surface area contributed by atoms with Crippen LogP contribution in [-0.2, 0) is 16.6 Å². The predicted octanol–water partition coefficient (Wildman–Crippen LogP) is 0.892. The quantitative estimate of drug-likeness (QED) is 0.606. The molecule has 1 aromatic rings. The van der Waals surface area contributed by atoms with Gasteiger partial charge in [0.15, 0.2) is 0 Å². The zero-order chi connectivity index (χ0) is 20.2. The molecule has 0 radical (unpaired) electrons. The molecule has 2 amide bonds. The van der Waals surface area contributed by atoms with Gasteiger partial charge in [0.2, 0.25) is 11.7 Å². The first kappa shape index (κ1) is 20.5. The molecule has 0 aromatic carbocycles. The van der Waals surface area contributed by atoms with Crippen LogP contribution >= 0.6 is 0 Å². The highest BCUT2D eigenvalue weighted by Gasteiger charge is 2.27. The molecular weight excluding hydrogens is 356 g/mol. The number of anilines is 1. The fraction of sp³-hybridized carbons (Fsp3) is 0.688. The number of alkyl carbamates (subject to hydrolysis) is 1. The first-order valence-electron chi connectivity index (χ1n) is 8.74. The lowest BCUT2D eigenvalue weighted by Gasteiger charge is -2.23. The molecule has 0 saturated carbocycles. The van der Waals surface area contributed by atoms with E-state index >= 15 is 0 Å². The molecule has 0 aliphatic carbocycles. The molecule has 1 aromatic heterocycles. The molecule has 0 unspecified atom stereocenters. The Kier molecular flexibility index (Phi) is 6.24. The second kappa shape index (κ2) is 8.23. The maximum atomic E-state index is 12.4. The van der Waals surface area contributed by atoms with E-state index in [4.69, 9.17) is 4.74 Å². The smallest absolute Gasteiger partial charge is 0.408 e. The number of nitrogens with one attached hydrogen (secondary N) is 1. The molecule has 1 fully saturated rings. The molecule has 0 spiro atoms. The summed E-state index contributed by atoms with van der Waals surface area (Å²) in [6.07, 6.45) is 1.24. The van der Waals surface area contributed by atoms with Crippen molar-refractivity contribution in [1.82, 2.24) is 20.0 Å². The summed E-state index contributed by atoms with van der Waals surface area (Å²) in [5.74, 6) is 0.211. The molecule has 11 nitrogen and oxygen atoms in total. The van der Waals surface area contributed by atoms with Crippen molar-refractivity contribution in [3.63, 3.8) is 0 Å². The fourth-order valence-electron chi connectivity index (χ4n) is 2.87. The highest BCUT2D eigenvalue weighted by Crippen LogP contribution is 2.27. The van der Waals surface area contributed by atoms with Crippen LogP contribution < -0.4 is 10.2 Å². The summed E-state index contributed by atoms with van der Waals surface area (Å²) in [4.78, 5) is 38.3. The Morgan fingerprint density at radius 1 is 1.30 bits per heavy atom. The number of carbonyl (C=O) groups is 2. The van der Waals surface area contributed by atoms with Crippen LogP contribution in [0.1, 0.15) is 27.2 Å². The summed E-state index contributed by atoms with van der Waals surface area (Å²) >= 11 is 0. The minimum absolute atomic E-state index is 0.0520. The molecular formula is C16H26N6O5. The molecule has 0 atom stereocenters. The Labute approximate surface area is 157 Å². The van der Waals surface area contributed by atoms with Gasteiger partial charge in [-0.05, 0) is 27.2 Å². The second-order valence-electron chi connectivity index (χ2n) is 7.31. The maximum absolute atomic E-state index is 12.4. The van der Waals surface area contributed by atoms with Crippen LogP contribution in [0.5, 0.6) is 0 Å². The Bertz CT molecular complexity index is 711. The number of nitrogens with zero attached hydrogens (tertiary/aromatic N) is 5. The van der Waals surface area contributed by atoms with Crippen molar-refractivity contribution in [1.29, 1.82) is 0 Å². The van der Waals surface area contributed by atoms with Crippen LogP contribution in [0, 0.1) is 10.1 Å². The van der Waals surface area contributed by atoms with Crippen molar-refractivity contribution in [2.45, 2.75) is 32.8 Å². The molecule has 150 valence electrons. The normalized spacial score (nSPS) is 15.3. The lowest BCUT2D eigenvalue weighted by Crippen LogP contribution is -2.43. The number of hydrogen-bond donors (Lipinski definition) is 1. The Morgan fingerprint density at radius 2 is 2.00 bits per heavy atom. The monoisotopic (exact) mass is 382 g/mol. The minimum atomic E-state index is -0.641. The molecule has 2 rings (SSSR count). The minimum Gasteiger partial charge on any atom is -0.444 e. The average Bonchev–Trinajstić information content (AvgIpc) is 2.78. The summed E-state index contributed by atoms with van der Waals surface area (Å²) in [6, 6.07) is 0. The third-order valence-electron chi connectivity index (χ3n) is 4.02. The van der Waals surface area contributed by atoms with Crippen LogP contribution in [0.3, 0.4) is 0 Å². The molecule has 27 heavy (non-hydrogen) atoms. The van der Waals surface area contributed by atoms with Gasteiger partial charge in [-0.2, -0.15) is 5.10 Å². The van der Waals surface area contributed by atoms with E-state index in [1.807, 2.05) is 4.90 Å². The summed E-state index contributed by atoms with van der Waals surface area (Å²) < 4.78 is 6.58. The standard InChI is InChI=1S/C16H26N6O5/c1-16(2,3)27-15(24)17-11-13(23)20-6-5-7-21(9-8-20)14-12(22(25)26)10-18-19(14)4/h10H,5-9,11H2,1-4H3,(H,17,24). The van der Waals surface area contributed by atoms with E-state index in [0.717, 1.165) is 0 Å². The van der Waals surface area contributed by atoms with Crippen molar-refractivity contribution in [3.8, 4) is 0 Å². The van der Waals surface area contributed by atoms with Gasteiger partial charge in [0.25, 0.3) is 0 Å². The van der Waals surface area contributed by atoms with Gasteiger partial charge in [0, 0.05) is 33.2 Å². The number of carbonyl (C=O) groups excluding carboxylic acids is 2. The average molecular weight is 382 g/mol. The van der Waals surface area contributed by atoms with E-state index in [2.05, 4.69) is 10.4 Å². The predicted molar refractivity (Wildman–Crippen MR) is 97.5 cm³/mol. The maximum Gasteiger partial charge on any atom is 0.408 e. The van der Waals surface area contributed by atoms with Gasteiger partial charge < -0.3 is 19.9 Å². The van der Waals surface area contributed by atoms with Crippen molar-refractivity contribution in [2.75, 3.05) is 37.6 Å². The zero-order valence-corrected chi connectivity index (χ0v) is 16.1. The molecule has 2 heterocycles. The fourth-order valence-corrected chi connectivity index (χ4v) is 2.87. The zero-order valence-electron chi connectivity index (χ0n) is 16.1. The van der Waals surface area contributed by atoms with Crippen LogP contribution in [-0.4, -0.2) is 69.9 Å². The molecule has 11 heteroatoms. The topological polar surface area (TPSA) is 123 Å². The summed E-state index contributed by atoms with van der Waals surface area (Å²) in [5.41, 5.74) is -0.683. The van der Waals surface area contributed by atoms with E-state index < -0.39 is 16.6 Å². The number of nitro groups is 1. The number of aromatic nitrogens is 2. The highest BCUT2D eigenvalue weighted by atomic mass is 16.6. The van der Waals surface area contributed by atoms with Gasteiger partial charge in [0.05, 0.1) is 4.92 Å².